The first-order valence-corrected chi connectivity index (χ1v) is 16.1. The van der Waals surface area contributed by atoms with Gasteiger partial charge in [-0.3, -0.25) is 4.79 Å². The molecule has 1 aromatic rings. The van der Waals surface area contributed by atoms with Crippen LogP contribution in [0, 0.1) is 0 Å². The van der Waals surface area contributed by atoms with E-state index in [2.05, 4.69) is 39.9 Å². The van der Waals surface area contributed by atoms with Gasteiger partial charge in [-0.2, -0.15) is 0 Å². The number of methoxy groups -OCH3 is 1. The van der Waals surface area contributed by atoms with Crippen molar-refractivity contribution in [3.63, 3.8) is 0 Å². The zero-order valence-electron chi connectivity index (χ0n) is 24.5. The van der Waals surface area contributed by atoms with Gasteiger partial charge in [-0.25, -0.2) is 0 Å². The Morgan fingerprint density at radius 1 is 1.16 bits per heavy atom. The highest BCUT2D eigenvalue weighted by atomic mass is 28.4. The molecule has 8 heteroatoms. The third-order valence-corrected chi connectivity index (χ3v) is 11.5. The molecule has 1 fully saturated rings. The Bertz CT molecular complexity index is 873. The van der Waals surface area contributed by atoms with E-state index in [0.717, 1.165) is 17.7 Å². The fraction of sp³-hybridized carbons (Fsp3) is 0.690. The topological polar surface area (TPSA) is 72.5 Å². The molecule has 210 valence electrons. The smallest absolute Gasteiger partial charge is 0.302 e. The number of ether oxygens (including phenoxy) is 5. The Hall–Kier alpha value is -1.71. The predicted molar refractivity (Wildman–Crippen MR) is 148 cm³/mol. The highest BCUT2D eigenvalue weighted by molar-refractivity contribution is 6.74. The molecule has 1 aromatic carbocycles. The first-order valence-electron chi connectivity index (χ1n) is 13.2. The van der Waals surface area contributed by atoms with Crippen molar-refractivity contribution in [2.45, 2.75) is 116 Å². The van der Waals surface area contributed by atoms with Crippen LogP contribution in [-0.4, -0.2) is 58.2 Å². The van der Waals surface area contributed by atoms with E-state index in [9.17, 15) is 4.79 Å². The van der Waals surface area contributed by atoms with Crippen LogP contribution in [0.25, 0.3) is 0 Å². The molecule has 0 bridgehead atoms. The Labute approximate surface area is 224 Å². The average Bonchev–Trinajstić information content (AvgIpc) is 3.10. The minimum atomic E-state index is -1.78. The van der Waals surface area contributed by atoms with E-state index in [1.807, 2.05) is 51.1 Å². The van der Waals surface area contributed by atoms with Crippen molar-refractivity contribution in [3.05, 3.63) is 42.0 Å². The molecule has 0 aliphatic carbocycles. The molecule has 1 aliphatic heterocycles. The molecule has 0 aromatic heterocycles. The molecule has 0 unspecified atom stereocenters. The number of esters is 1. The quantitative estimate of drug-likeness (QED) is 0.125. The summed E-state index contributed by atoms with van der Waals surface area (Å²) in [5.74, 6) is -0.340. The molecule has 1 saturated heterocycles. The Kier molecular flexibility index (Phi) is 11.4. The second-order valence-electron chi connectivity index (χ2n) is 11.7. The molecule has 0 saturated carbocycles. The molecule has 1 aliphatic rings. The first kappa shape index (κ1) is 31.5. The van der Waals surface area contributed by atoms with Crippen LogP contribution in [0.5, 0.6) is 5.75 Å². The summed E-state index contributed by atoms with van der Waals surface area (Å²) in [7, 11) is -0.139. The Morgan fingerprint density at radius 2 is 1.81 bits per heavy atom. The lowest BCUT2D eigenvalue weighted by Gasteiger charge is -2.36. The van der Waals surface area contributed by atoms with Crippen LogP contribution >= 0.6 is 0 Å². The van der Waals surface area contributed by atoms with Crippen LogP contribution in [0.3, 0.4) is 0 Å². The highest BCUT2D eigenvalue weighted by Gasteiger charge is 2.45. The zero-order valence-corrected chi connectivity index (χ0v) is 25.5. The van der Waals surface area contributed by atoms with Gasteiger partial charge in [0.1, 0.15) is 24.1 Å². The lowest BCUT2D eigenvalue weighted by Crippen LogP contribution is -2.41. The summed E-state index contributed by atoms with van der Waals surface area (Å²) in [5, 5.41) is 0.178. The first-order chi connectivity index (χ1) is 17.1. The zero-order chi connectivity index (χ0) is 27.9. The molecular formula is C29H48O7Si. The van der Waals surface area contributed by atoms with Crippen molar-refractivity contribution in [1.29, 1.82) is 0 Å². The molecule has 0 spiro atoms. The molecule has 0 amide bonds. The van der Waals surface area contributed by atoms with Crippen LogP contribution in [0.15, 0.2) is 36.4 Å². The largest absolute Gasteiger partial charge is 0.497 e. The van der Waals surface area contributed by atoms with Crippen molar-refractivity contribution in [1.82, 2.24) is 0 Å². The molecule has 7 nitrogen and oxygen atoms in total. The molecule has 4 atom stereocenters. The van der Waals surface area contributed by atoms with E-state index < -0.39 is 26.3 Å². The minimum absolute atomic E-state index is 0.165. The molecule has 1 heterocycles. The number of hydrogen-bond acceptors (Lipinski definition) is 7. The van der Waals surface area contributed by atoms with Gasteiger partial charge in [-0.05, 0) is 63.0 Å². The number of carbonyl (C=O) groups excluding carboxylic acids is 1. The fourth-order valence-electron chi connectivity index (χ4n) is 3.90. The second-order valence-corrected chi connectivity index (χ2v) is 16.6. The summed E-state index contributed by atoms with van der Waals surface area (Å²) in [4.78, 5) is 12.0. The summed E-state index contributed by atoms with van der Waals surface area (Å²) in [6, 6.07) is 7.76. The molecule has 2 rings (SSSR count). The number of benzene rings is 1. The summed E-state index contributed by atoms with van der Waals surface area (Å²) >= 11 is 0. The van der Waals surface area contributed by atoms with E-state index in [1.165, 1.54) is 6.92 Å². The molecule has 37 heavy (non-hydrogen) atoms. The molecule has 0 radical (unpaired) electrons. The van der Waals surface area contributed by atoms with Gasteiger partial charge in [0, 0.05) is 20.0 Å². The van der Waals surface area contributed by atoms with E-state index >= 15 is 0 Å². The van der Waals surface area contributed by atoms with E-state index in [4.69, 9.17) is 28.1 Å². The molecule has 0 N–H and O–H groups in total. The van der Waals surface area contributed by atoms with Gasteiger partial charge in [0.25, 0.3) is 0 Å². The van der Waals surface area contributed by atoms with Crippen LogP contribution in [0.2, 0.25) is 18.1 Å². The van der Waals surface area contributed by atoms with Gasteiger partial charge in [-0.15, -0.1) is 0 Å². The molecular weight excluding hydrogens is 488 g/mol. The lowest BCUT2D eigenvalue weighted by molar-refractivity contribution is -0.172. The maximum atomic E-state index is 12.0. The SMILES string of the molecule is COc1ccc(CO[C@H](C)C[C@H](OC(C)=O)[C@@H]2OC(C)(C)O[C@H]2/C=C/CCO[Si](C)(C)C(C)(C)C)cc1. The van der Waals surface area contributed by atoms with Gasteiger partial charge in [0.2, 0.25) is 0 Å². The lowest BCUT2D eigenvalue weighted by atomic mass is 10.0. The average molecular weight is 537 g/mol. The van der Waals surface area contributed by atoms with Crippen molar-refractivity contribution in [3.8, 4) is 5.75 Å². The summed E-state index contributed by atoms with van der Waals surface area (Å²) in [6.07, 6.45) is 3.88. The van der Waals surface area contributed by atoms with Gasteiger partial charge >= 0.3 is 5.97 Å². The van der Waals surface area contributed by atoms with Gasteiger partial charge < -0.3 is 28.1 Å². The third kappa shape index (κ3) is 10.2. The number of carbonyl (C=O) groups is 1. The van der Waals surface area contributed by atoms with Crippen LogP contribution in [0.1, 0.15) is 66.9 Å². The maximum absolute atomic E-state index is 12.0. The van der Waals surface area contributed by atoms with Crippen molar-refractivity contribution in [2.75, 3.05) is 13.7 Å². The van der Waals surface area contributed by atoms with Crippen LogP contribution < -0.4 is 4.74 Å². The highest BCUT2D eigenvalue weighted by Crippen LogP contribution is 2.37. The summed E-state index contributed by atoms with van der Waals surface area (Å²) in [5.41, 5.74) is 1.04. The van der Waals surface area contributed by atoms with Crippen LogP contribution in [-0.2, 0) is 34.8 Å². The van der Waals surface area contributed by atoms with Crippen molar-refractivity contribution >= 4 is 14.3 Å². The predicted octanol–water partition coefficient (Wildman–Crippen LogP) is 6.41. The van der Waals surface area contributed by atoms with E-state index in [-0.39, 0.29) is 23.2 Å². The standard InChI is InChI=1S/C29H48O7Si/c1-21(32-20-23-14-16-24(31-8)17-15-23)19-26(34-22(2)30)27-25(35-29(6,7)36-27)13-11-12-18-33-37(9,10)28(3,4)5/h11,13-17,21,25-27H,12,18-20H2,1-10H3/b13-11+/t21-,25+,26+,27-/m1/s1. The Balaban J connectivity index is 2.00. The van der Waals surface area contributed by atoms with Crippen molar-refractivity contribution < 1.29 is 32.9 Å². The minimum Gasteiger partial charge on any atom is -0.497 e. The van der Waals surface area contributed by atoms with Gasteiger partial charge in [0.05, 0.1) is 19.8 Å². The van der Waals surface area contributed by atoms with Gasteiger partial charge in [-0.1, -0.05) is 45.1 Å². The summed E-state index contributed by atoms with van der Waals surface area (Å²) in [6.45, 7) is 19.5. The second kappa shape index (κ2) is 13.4. The Morgan fingerprint density at radius 3 is 2.38 bits per heavy atom. The summed E-state index contributed by atoms with van der Waals surface area (Å²) < 4.78 is 35.7. The van der Waals surface area contributed by atoms with Gasteiger partial charge in [0.15, 0.2) is 14.1 Å². The fourth-order valence-corrected chi connectivity index (χ4v) is 4.96. The number of rotatable bonds is 13. The maximum Gasteiger partial charge on any atom is 0.302 e. The van der Waals surface area contributed by atoms with Crippen molar-refractivity contribution in [2.24, 2.45) is 0 Å². The normalized spacial score (nSPS) is 21.7. The van der Waals surface area contributed by atoms with E-state index in [1.54, 1.807) is 7.11 Å². The monoisotopic (exact) mass is 536 g/mol. The van der Waals surface area contributed by atoms with E-state index in [0.29, 0.717) is 19.6 Å². The third-order valence-electron chi connectivity index (χ3n) is 6.98. The number of hydrogen-bond donors (Lipinski definition) is 0. The van der Waals surface area contributed by atoms with Crippen LogP contribution in [0.4, 0.5) is 0 Å².